The molecule has 23 heavy (non-hydrogen) atoms. The van der Waals surface area contributed by atoms with E-state index in [1.54, 1.807) is 4.68 Å². The van der Waals surface area contributed by atoms with E-state index in [1.807, 2.05) is 20.0 Å². The largest absolute Gasteiger partial charge is 0.310 e. The molecule has 2 heterocycles. The highest BCUT2D eigenvalue weighted by molar-refractivity contribution is 7.99. The van der Waals surface area contributed by atoms with Gasteiger partial charge < -0.3 is 9.88 Å². The highest BCUT2D eigenvalue weighted by Crippen LogP contribution is 2.40. The number of amides is 1. The number of rotatable bonds is 6. The van der Waals surface area contributed by atoms with Crippen LogP contribution in [0.4, 0.5) is 5.82 Å². The molecule has 1 saturated carbocycles. The van der Waals surface area contributed by atoms with Crippen LogP contribution < -0.4 is 5.32 Å². The lowest BCUT2D eigenvalue weighted by Crippen LogP contribution is -2.17. The zero-order chi connectivity index (χ0) is 16.6. The van der Waals surface area contributed by atoms with E-state index in [9.17, 15) is 4.79 Å². The van der Waals surface area contributed by atoms with Crippen molar-refractivity contribution >= 4 is 23.5 Å². The number of anilines is 1. The molecule has 1 amide bonds. The van der Waals surface area contributed by atoms with Gasteiger partial charge >= 0.3 is 0 Å². The lowest BCUT2D eigenvalue weighted by atomic mass is 10.2. The topological polar surface area (TPSA) is 77.6 Å². The van der Waals surface area contributed by atoms with Crippen LogP contribution in [0.1, 0.15) is 50.2 Å². The van der Waals surface area contributed by atoms with Crippen LogP contribution in [-0.4, -0.2) is 36.2 Å². The second-order valence-electron chi connectivity index (χ2n) is 6.23. The summed E-state index contributed by atoms with van der Waals surface area (Å²) in [7, 11) is 1.81. The van der Waals surface area contributed by atoms with Gasteiger partial charge in [-0.1, -0.05) is 25.6 Å². The van der Waals surface area contributed by atoms with Crippen LogP contribution in [-0.2, 0) is 11.8 Å². The molecule has 0 atom stereocenters. The molecule has 3 rings (SSSR count). The average molecular weight is 334 g/mol. The Morgan fingerprint density at radius 3 is 2.74 bits per heavy atom. The van der Waals surface area contributed by atoms with Gasteiger partial charge in [-0.05, 0) is 19.8 Å². The maximum absolute atomic E-state index is 12.2. The number of thioether (sulfide) groups is 1. The quantitative estimate of drug-likeness (QED) is 0.821. The second-order valence-corrected chi connectivity index (χ2v) is 7.17. The number of carbonyl (C=O) groups excluding carboxylic acids is 1. The Bertz CT molecular complexity index is 716. The molecule has 0 saturated heterocycles. The van der Waals surface area contributed by atoms with E-state index in [4.69, 9.17) is 0 Å². The first-order chi connectivity index (χ1) is 11.0. The normalized spacial score (nSPS) is 14.5. The van der Waals surface area contributed by atoms with Crippen molar-refractivity contribution in [2.45, 2.75) is 50.7 Å². The Labute approximate surface area is 139 Å². The first-order valence-corrected chi connectivity index (χ1v) is 8.82. The minimum absolute atomic E-state index is 0.0607. The van der Waals surface area contributed by atoms with Crippen LogP contribution in [0, 0.1) is 6.92 Å². The van der Waals surface area contributed by atoms with Gasteiger partial charge in [0, 0.05) is 25.1 Å². The summed E-state index contributed by atoms with van der Waals surface area (Å²) in [5.41, 5.74) is 0.880. The molecule has 2 aromatic heterocycles. The van der Waals surface area contributed by atoms with Gasteiger partial charge in [0.25, 0.3) is 0 Å². The van der Waals surface area contributed by atoms with Gasteiger partial charge in [0.2, 0.25) is 5.91 Å². The summed E-state index contributed by atoms with van der Waals surface area (Å²) < 4.78 is 3.87. The fourth-order valence-corrected chi connectivity index (χ4v) is 3.31. The summed E-state index contributed by atoms with van der Waals surface area (Å²) in [5.74, 6) is 2.31. The van der Waals surface area contributed by atoms with E-state index in [0.717, 1.165) is 16.7 Å². The van der Waals surface area contributed by atoms with Crippen molar-refractivity contribution in [2.75, 3.05) is 11.1 Å². The van der Waals surface area contributed by atoms with Gasteiger partial charge in [-0.25, -0.2) is 0 Å². The molecule has 0 radical (unpaired) electrons. The first-order valence-electron chi connectivity index (χ1n) is 7.83. The Kier molecular flexibility index (Phi) is 4.43. The lowest BCUT2D eigenvalue weighted by molar-refractivity contribution is -0.113. The van der Waals surface area contributed by atoms with E-state index in [-0.39, 0.29) is 5.91 Å². The number of aromatic nitrogens is 5. The SMILES string of the molecule is Cc1cc(NC(=O)CSc2nnc(C(C)C)n2C2CC2)n(C)n1. The third-order valence-electron chi connectivity index (χ3n) is 3.72. The minimum Gasteiger partial charge on any atom is -0.310 e. The molecule has 1 fully saturated rings. The van der Waals surface area contributed by atoms with Crippen LogP contribution in [0.15, 0.2) is 11.2 Å². The van der Waals surface area contributed by atoms with Crippen molar-refractivity contribution in [2.24, 2.45) is 7.05 Å². The van der Waals surface area contributed by atoms with E-state index < -0.39 is 0 Å². The summed E-state index contributed by atoms with van der Waals surface area (Å²) in [4.78, 5) is 12.2. The molecular formula is C15H22N6OS. The zero-order valence-electron chi connectivity index (χ0n) is 13.9. The number of hydrogen-bond acceptors (Lipinski definition) is 5. The van der Waals surface area contributed by atoms with Gasteiger partial charge in [-0.2, -0.15) is 5.10 Å². The molecular weight excluding hydrogens is 312 g/mol. The van der Waals surface area contributed by atoms with Crippen LogP contribution in [0.5, 0.6) is 0 Å². The molecule has 0 bridgehead atoms. The smallest absolute Gasteiger partial charge is 0.235 e. The summed E-state index contributed by atoms with van der Waals surface area (Å²) in [6.07, 6.45) is 2.34. The number of nitrogens with zero attached hydrogens (tertiary/aromatic N) is 5. The summed E-state index contributed by atoms with van der Waals surface area (Å²) >= 11 is 1.44. The molecule has 1 aliphatic carbocycles. The van der Waals surface area contributed by atoms with Gasteiger partial charge in [0.05, 0.1) is 11.4 Å². The Hall–Kier alpha value is -1.83. The molecule has 2 aromatic rings. The number of nitrogens with one attached hydrogen (secondary N) is 1. The predicted molar refractivity (Wildman–Crippen MR) is 89.7 cm³/mol. The lowest BCUT2D eigenvalue weighted by Gasteiger charge is -2.10. The standard InChI is InChI=1S/C15H22N6OS/c1-9(2)14-17-18-15(21(14)11-5-6-11)23-8-13(22)16-12-7-10(3)19-20(12)4/h7,9,11H,5-6,8H2,1-4H3,(H,16,22). The van der Waals surface area contributed by atoms with Crippen LogP contribution >= 0.6 is 11.8 Å². The fraction of sp³-hybridized carbons (Fsp3) is 0.600. The van der Waals surface area contributed by atoms with Gasteiger partial charge in [-0.15, -0.1) is 10.2 Å². The van der Waals surface area contributed by atoms with Crippen molar-refractivity contribution < 1.29 is 4.79 Å². The Morgan fingerprint density at radius 2 is 2.17 bits per heavy atom. The fourth-order valence-electron chi connectivity index (χ4n) is 2.49. The highest BCUT2D eigenvalue weighted by Gasteiger charge is 2.30. The molecule has 1 aliphatic rings. The molecule has 8 heteroatoms. The number of hydrogen-bond donors (Lipinski definition) is 1. The van der Waals surface area contributed by atoms with Gasteiger partial charge in [0.15, 0.2) is 5.16 Å². The monoisotopic (exact) mass is 334 g/mol. The van der Waals surface area contributed by atoms with E-state index in [0.29, 0.717) is 23.5 Å². The molecule has 0 unspecified atom stereocenters. The number of aryl methyl sites for hydroxylation is 2. The molecule has 0 aliphatic heterocycles. The van der Waals surface area contributed by atoms with E-state index >= 15 is 0 Å². The minimum atomic E-state index is -0.0607. The average Bonchev–Trinajstić information content (AvgIpc) is 3.15. The molecule has 7 nitrogen and oxygen atoms in total. The maximum atomic E-state index is 12.2. The highest BCUT2D eigenvalue weighted by atomic mass is 32.2. The molecule has 0 aromatic carbocycles. The second kappa shape index (κ2) is 6.35. The Balaban J connectivity index is 1.64. The van der Waals surface area contributed by atoms with Gasteiger partial charge in [-0.3, -0.25) is 9.48 Å². The maximum Gasteiger partial charge on any atom is 0.235 e. The van der Waals surface area contributed by atoms with Crippen LogP contribution in [0.2, 0.25) is 0 Å². The third kappa shape index (κ3) is 3.57. The molecule has 1 N–H and O–H groups in total. The summed E-state index contributed by atoms with van der Waals surface area (Å²) in [6, 6.07) is 2.36. The summed E-state index contributed by atoms with van der Waals surface area (Å²) in [6.45, 7) is 6.14. The Morgan fingerprint density at radius 1 is 1.43 bits per heavy atom. The van der Waals surface area contributed by atoms with Crippen molar-refractivity contribution in [1.29, 1.82) is 0 Å². The predicted octanol–water partition coefficient (Wildman–Crippen LogP) is 2.51. The number of carbonyl (C=O) groups is 1. The third-order valence-corrected chi connectivity index (χ3v) is 4.66. The van der Waals surface area contributed by atoms with Crippen LogP contribution in [0.3, 0.4) is 0 Å². The van der Waals surface area contributed by atoms with Crippen molar-refractivity contribution in [3.8, 4) is 0 Å². The molecule has 0 spiro atoms. The van der Waals surface area contributed by atoms with Gasteiger partial charge in [0.1, 0.15) is 11.6 Å². The van der Waals surface area contributed by atoms with Crippen LogP contribution in [0.25, 0.3) is 0 Å². The van der Waals surface area contributed by atoms with Crippen molar-refractivity contribution in [3.05, 3.63) is 17.6 Å². The van der Waals surface area contributed by atoms with Crippen molar-refractivity contribution in [3.63, 3.8) is 0 Å². The first kappa shape index (κ1) is 16.0. The summed E-state index contributed by atoms with van der Waals surface area (Å²) in [5, 5.41) is 16.5. The van der Waals surface area contributed by atoms with Crippen molar-refractivity contribution in [1.82, 2.24) is 24.5 Å². The molecule has 124 valence electrons. The van der Waals surface area contributed by atoms with E-state index in [1.165, 1.54) is 24.6 Å². The zero-order valence-corrected chi connectivity index (χ0v) is 14.7. The van der Waals surface area contributed by atoms with E-state index in [2.05, 4.69) is 39.0 Å².